The summed E-state index contributed by atoms with van der Waals surface area (Å²) in [6, 6.07) is 6.27. The van der Waals surface area contributed by atoms with Gasteiger partial charge in [0.2, 0.25) is 10.0 Å². The van der Waals surface area contributed by atoms with Gasteiger partial charge in [0, 0.05) is 5.54 Å². The van der Waals surface area contributed by atoms with Crippen molar-refractivity contribution in [3.63, 3.8) is 0 Å². The molecule has 0 aliphatic carbocycles. The molecule has 0 aromatic heterocycles. The van der Waals surface area contributed by atoms with Crippen LogP contribution >= 0.6 is 0 Å². The maximum Gasteiger partial charge on any atom is 0.253 e. The van der Waals surface area contributed by atoms with E-state index in [9.17, 15) is 13.2 Å². The third-order valence-corrected chi connectivity index (χ3v) is 4.75. The molecule has 134 valence electrons. The van der Waals surface area contributed by atoms with Gasteiger partial charge in [-0.3, -0.25) is 4.79 Å². The molecule has 24 heavy (non-hydrogen) atoms. The summed E-state index contributed by atoms with van der Waals surface area (Å²) in [6.07, 6.45) is 1.64. The van der Waals surface area contributed by atoms with E-state index in [1.807, 2.05) is 0 Å². The fraction of sp³-hybridized carbons (Fsp3) is 0.471. The van der Waals surface area contributed by atoms with Crippen LogP contribution in [0.15, 0.2) is 41.8 Å². The number of ether oxygens (including phenoxy) is 1. The van der Waals surface area contributed by atoms with Gasteiger partial charge < -0.3 is 10.1 Å². The number of benzene rings is 1. The third-order valence-electron chi connectivity index (χ3n) is 2.93. The molecule has 1 atom stereocenters. The van der Waals surface area contributed by atoms with Gasteiger partial charge in [-0.2, -0.15) is 0 Å². The second-order valence-corrected chi connectivity index (χ2v) is 8.08. The molecule has 6 nitrogen and oxygen atoms in total. The van der Waals surface area contributed by atoms with Gasteiger partial charge in [-0.15, -0.1) is 6.58 Å². The van der Waals surface area contributed by atoms with Crippen LogP contribution in [0.1, 0.15) is 34.1 Å². The van der Waals surface area contributed by atoms with E-state index in [1.165, 1.54) is 6.07 Å². The summed E-state index contributed by atoms with van der Waals surface area (Å²) in [5, 5.41) is 2.62. The number of amides is 1. The standard InChI is InChI=1S/C17H26N2O4S/c1-6-7-12-23-13(2)16(20)18-14-10-8-9-11-15(14)24(21,22)19-17(3,4)5/h6,8-11,13,19H,1,7,12H2,2-5H3,(H,18,20). The van der Waals surface area contributed by atoms with Crippen molar-refractivity contribution in [3.8, 4) is 0 Å². The average Bonchev–Trinajstić information content (AvgIpc) is 2.45. The van der Waals surface area contributed by atoms with Gasteiger partial charge in [-0.1, -0.05) is 18.2 Å². The van der Waals surface area contributed by atoms with Crippen LogP contribution in [0.5, 0.6) is 0 Å². The van der Waals surface area contributed by atoms with Gasteiger partial charge in [-0.25, -0.2) is 13.1 Å². The summed E-state index contributed by atoms with van der Waals surface area (Å²) in [6.45, 7) is 10.8. The summed E-state index contributed by atoms with van der Waals surface area (Å²) in [4.78, 5) is 12.2. The minimum atomic E-state index is -3.76. The molecule has 0 heterocycles. The molecule has 0 bridgehead atoms. The number of hydrogen-bond acceptors (Lipinski definition) is 4. The smallest absolute Gasteiger partial charge is 0.253 e. The minimum Gasteiger partial charge on any atom is -0.368 e. The topological polar surface area (TPSA) is 84.5 Å². The molecule has 7 heteroatoms. The first-order chi connectivity index (χ1) is 11.1. The van der Waals surface area contributed by atoms with Crippen LogP contribution in [0.4, 0.5) is 5.69 Å². The Kier molecular flexibility index (Phi) is 7.13. The zero-order valence-corrected chi connectivity index (χ0v) is 15.4. The van der Waals surface area contributed by atoms with Gasteiger partial charge in [0.05, 0.1) is 12.3 Å². The largest absolute Gasteiger partial charge is 0.368 e. The minimum absolute atomic E-state index is 0.0200. The van der Waals surface area contributed by atoms with Crippen LogP contribution in [0, 0.1) is 0 Å². The number of rotatable bonds is 8. The average molecular weight is 354 g/mol. The lowest BCUT2D eigenvalue weighted by molar-refractivity contribution is -0.126. The van der Waals surface area contributed by atoms with E-state index in [0.717, 1.165) is 0 Å². The highest BCUT2D eigenvalue weighted by molar-refractivity contribution is 7.89. The highest BCUT2D eigenvalue weighted by Gasteiger charge is 2.25. The fourth-order valence-corrected chi connectivity index (χ4v) is 3.48. The first kappa shape index (κ1) is 20.3. The lowest BCUT2D eigenvalue weighted by Gasteiger charge is -2.22. The molecule has 0 radical (unpaired) electrons. The molecule has 1 aromatic rings. The van der Waals surface area contributed by atoms with Crippen molar-refractivity contribution in [2.24, 2.45) is 0 Å². The van der Waals surface area contributed by atoms with Crippen molar-refractivity contribution in [2.45, 2.75) is 50.7 Å². The summed E-state index contributed by atoms with van der Waals surface area (Å²) in [5.74, 6) is -0.405. The van der Waals surface area contributed by atoms with Crippen LogP contribution in [0.25, 0.3) is 0 Å². The number of hydrogen-bond donors (Lipinski definition) is 2. The lowest BCUT2D eigenvalue weighted by Crippen LogP contribution is -2.41. The van der Waals surface area contributed by atoms with E-state index >= 15 is 0 Å². The van der Waals surface area contributed by atoms with E-state index < -0.39 is 27.6 Å². The van der Waals surface area contributed by atoms with Gasteiger partial charge >= 0.3 is 0 Å². The fourth-order valence-electron chi connectivity index (χ4n) is 1.90. The Balaban J connectivity index is 2.94. The molecular weight excluding hydrogens is 328 g/mol. The van der Waals surface area contributed by atoms with Crippen molar-refractivity contribution in [3.05, 3.63) is 36.9 Å². The maximum atomic E-state index is 12.5. The maximum absolute atomic E-state index is 12.5. The van der Waals surface area contributed by atoms with Gasteiger partial charge in [-0.05, 0) is 46.2 Å². The van der Waals surface area contributed by atoms with Gasteiger partial charge in [0.1, 0.15) is 11.0 Å². The quantitative estimate of drug-likeness (QED) is 0.555. The number of nitrogens with one attached hydrogen (secondary N) is 2. The van der Waals surface area contributed by atoms with Crippen LogP contribution in [0.3, 0.4) is 0 Å². The molecule has 0 fully saturated rings. The van der Waals surface area contributed by atoms with Crippen LogP contribution < -0.4 is 10.0 Å². The predicted octanol–water partition coefficient (Wildman–Crippen LogP) is 2.68. The van der Waals surface area contributed by atoms with Crippen molar-refractivity contribution >= 4 is 21.6 Å². The van der Waals surface area contributed by atoms with Crippen molar-refractivity contribution in [2.75, 3.05) is 11.9 Å². The molecule has 0 aliphatic heterocycles. The normalized spacial score (nSPS) is 13.3. The van der Waals surface area contributed by atoms with E-state index in [1.54, 1.807) is 52.0 Å². The van der Waals surface area contributed by atoms with Crippen LogP contribution in [0.2, 0.25) is 0 Å². The highest BCUT2D eigenvalue weighted by Crippen LogP contribution is 2.22. The van der Waals surface area contributed by atoms with Gasteiger partial charge in [0.15, 0.2) is 0 Å². The van der Waals surface area contributed by atoms with E-state index in [4.69, 9.17) is 4.74 Å². The van der Waals surface area contributed by atoms with Crippen LogP contribution in [-0.4, -0.2) is 32.6 Å². The Morgan fingerprint density at radius 1 is 1.33 bits per heavy atom. The molecular formula is C17H26N2O4S. The molecule has 2 N–H and O–H groups in total. The molecule has 1 unspecified atom stereocenters. The summed E-state index contributed by atoms with van der Waals surface area (Å²) in [7, 11) is -3.76. The molecule has 1 aromatic carbocycles. The third kappa shape index (κ3) is 6.43. The summed E-state index contributed by atoms with van der Waals surface area (Å²) >= 11 is 0. The molecule has 0 aliphatic rings. The lowest BCUT2D eigenvalue weighted by atomic mass is 10.1. The summed E-state index contributed by atoms with van der Waals surface area (Å²) < 4.78 is 33.0. The SMILES string of the molecule is C=CCCOC(C)C(=O)Nc1ccccc1S(=O)(=O)NC(C)(C)C. The van der Waals surface area contributed by atoms with E-state index in [0.29, 0.717) is 13.0 Å². The highest BCUT2D eigenvalue weighted by atomic mass is 32.2. The number of sulfonamides is 1. The van der Waals surface area contributed by atoms with E-state index in [-0.39, 0.29) is 10.6 Å². The van der Waals surface area contributed by atoms with Crippen molar-refractivity contribution in [1.82, 2.24) is 4.72 Å². The Labute approximate surface area is 144 Å². The zero-order valence-electron chi connectivity index (χ0n) is 14.6. The summed E-state index contributed by atoms with van der Waals surface area (Å²) in [5.41, 5.74) is -0.407. The monoisotopic (exact) mass is 354 g/mol. The molecule has 1 amide bonds. The Morgan fingerprint density at radius 2 is 1.96 bits per heavy atom. The number of carbonyl (C=O) groups excluding carboxylic acids is 1. The first-order valence-corrected chi connectivity index (χ1v) is 9.21. The number of para-hydroxylation sites is 1. The molecule has 0 spiro atoms. The van der Waals surface area contributed by atoms with E-state index in [2.05, 4.69) is 16.6 Å². The second-order valence-electron chi connectivity index (χ2n) is 6.43. The number of anilines is 1. The van der Waals surface area contributed by atoms with Gasteiger partial charge in [0.25, 0.3) is 5.91 Å². The second kappa shape index (κ2) is 8.41. The molecule has 0 saturated carbocycles. The zero-order chi connectivity index (χ0) is 18.4. The molecule has 0 saturated heterocycles. The van der Waals surface area contributed by atoms with Crippen molar-refractivity contribution < 1.29 is 17.9 Å². The molecule has 1 rings (SSSR count). The van der Waals surface area contributed by atoms with Crippen LogP contribution in [-0.2, 0) is 19.6 Å². The Bertz CT molecular complexity index is 678. The van der Waals surface area contributed by atoms with Crippen molar-refractivity contribution in [1.29, 1.82) is 0 Å². The first-order valence-electron chi connectivity index (χ1n) is 7.73. The Hall–Kier alpha value is -1.70. The number of carbonyl (C=O) groups is 1. The predicted molar refractivity (Wildman–Crippen MR) is 95.4 cm³/mol. The Morgan fingerprint density at radius 3 is 2.54 bits per heavy atom.